The van der Waals surface area contributed by atoms with Gasteiger partial charge in [-0.3, -0.25) is 15.0 Å². The summed E-state index contributed by atoms with van der Waals surface area (Å²) in [7, 11) is 1.25. The monoisotopic (exact) mass is 366 g/mol. The smallest absolute Gasteiger partial charge is 0.340 e. The lowest BCUT2D eigenvalue weighted by Crippen LogP contribution is -2.34. The normalized spacial score (nSPS) is 10.4. The lowest BCUT2D eigenvalue weighted by molar-refractivity contribution is 0.0601. The molecule has 138 valence electrons. The molecule has 7 heteroatoms. The van der Waals surface area contributed by atoms with Crippen LogP contribution in [0.15, 0.2) is 59.5 Å². The summed E-state index contributed by atoms with van der Waals surface area (Å²) in [5.74, 6) is -0.740. The van der Waals surface area contributed by atoms with Gasteiger partial charge in [-0.2, -0.15) is 0 Å². The number of esters is 1. The molecule has 0 radical (unpaired) electrons. The molecule has 1 N–H and O–H groups in total. The molecule has 1 amide bonds. The molecule has 1 aromatic heterocycles. The van der Waals surface area contributed by atoms with Crippen LogP contribution in [0, 0.1) is 0 Å². The summed E-state index contributed by atoms with van der Waals surface area (Å²) in [6, 6.07) is 13.3. The van der Waals surface area contributed by atoms with Crippen LogP contribution in [0.4, 0.5) is 0 Å². The Balaban J connectivity index is 2.08. The van der Waals surface area contributed by atoms with Crippen LogP contribution in [0.3, 0.4) is 0 Å². The van der Waals surface area contributed by atoms with E-state index in [2.05, 4.69) is 5.43 Å². The van der Waals surface area contributed by atoms with Crippen LogP contribution in [-0.2, 0) is 4.74 Å². The Morgan fingerprint density at radius 1 is 1.00 bits per heavy atom. The number of aromatic nitrogens is 1. The van der Waals surface area contributed by atoms with Crippen molar-refractivity contribution in [3.63, 3.8) is 0 Å². The molecule has 2 aromatic carbocycles. The van der Waals surface area contributed by atoms with E-state index in [4.69, 9.17) is 9.47 Å². The summed E-state index contributed by atoms with van der Waals surface area (Å²) in [6.07, 6.45) is 1.26. The molecule has 0 bridgehead atoms. The Bertz CT molecular complexity index is 1070. The fraction of sp³-hybridized carbons (Fsp3) is 0.150. The Labute approximate surface area is 155 Å². The zero-order valence-corrected chi connectivity index (χ0v) is 14.9. The zero-order valence-electron chi connectivity index (χ0n) is 14.9. The fourth-order valence-electron chi connectivity index (χ4n) is 2.75. The number of carbonyl (C=O) groups is 2. The average molecular weight is 366 g/mol. The van der Waals surface area contributed by atoms with Crippen molar-refractivity contribution in [2.24, 2.45) is 0 Å². The van der Waals surface area contributed by atoms with Crippen LogP contribution in [0.5, 0.6) is 5.75 Å². The standard InChI is InChI=1S/C20H18N2O5/c1-3-27-17-11-7-6-10-15(17)18(23)21-22-12-16(20(25)26-2)13-8-4-5-9-14(13)19(22)24/h4-12H,3H2,1-2H3,(H,21,23). The van der Waals surface area contributed by atoms with Gasteiger partial charge in [0.2, 0.25) is 0 Å². The summed E-state index contributed by atoms with van der Waals surface area (Å²) in [5.41, 5.74) is 2.51. The molecule has 3 rings (SSSR count). The van der Waals surface area contributed by atoms with Crippen molar-refractivity contribution in [2.45, 2.75) is 6.92 Å². The number of nitrogens with zero attached hydrogens (tertiary/aromatic N) is 1. The lowest BCUT2D eigenvalue weighted by Gasteiger charge is -2.14. The largest absolute Gasteiger partial charge is 0.493 e. The molecule has 3 aromatic rings. The highest BCUT2D eigenvalue weighted by atomic mass is 16.5. The Morgan fingerprint density at radius 3 is 2.37 bits per heavy atom. The highest BCUT2D eigenvalue weighted by molar-refractivity contribution is 6.05. The second kappa shape index (κ2) is 7.74. The van der Waals surface area contributed by atoms with Crippen molar-refractivity contribution in [3.05, 3.63) is 76.2 Å². The van der Waals surface area contributed by atoms with Gasteiger partial charge in [-0.05, 0) is 25.1 Å². The second-order valence-corrected chi connectivity index (χ2v) is 5.63. The van der Waals surface area contributed by atoms with Gasteiger partial charge in [0.15, 0.2) is 0 Å². The van der Waals surface area contributed by atoms with Gasteiger partial charge < -0.3 is 9.47 Å². The van der Waals surface area contributed by atoms with E-state index < -0.39 is 17.4 Å². The van der Waals surface area contributed by atoms with E-state index in [9.17, 15) is 14.4 Å². The number of nitrogens with one attached hydrogen (secondary N) is 1. The van der Waals surface area contributed by atoms with E-state index in [1.165, 1.54) is 13.3 Å². The Kier molecular flexibility index (Phi) is 5.21. The van der Waals surface area contributed by atoms with E-state index >= 15 is 0 Å². The average Bonchev–Trinajstić information content (AvgIpc) is 2.70. The number of para-hydroxylation sites is 1. The van der Waals surface area contributed by atoms with Gasteiger partial charge in [0.05, 0.1) is 24.8 Å². The minimum absolute atomic E-state index is 0.172. The summed E-state index contributed by atoms with van der Waals surface area (Å²) >= 11 is 0. The van der Waals surface area contributed by atoms with Crippen LogP contribution >= 0.6 is 0 Å². The van der Waals surface area contributed by atoms with Crippen molar-refractivity contribution in [1.29, 1.82) is 0 Å². The summed E-state index contributed by atoms with van der Waals surface area (Å²) in [4.78, 5) is 37.5. The fourth-order valence-corrected chi connectivity index (χ4v) is 2.75. The van der Waals surface area contributed by atoms with Crippen LogP contribution in [0.1, 0.15) is 27.6 Å². The molecule has 7 nitrogen and oxygen atoms in total. The lowest BCUT2D eigenvalue weighted by atomic mass is 10.1. The molecule has 0 atom stereocenters. The number of benzene rings is 2. The molecule has 0 aliphatic heterocycles. The Hall–Kier alpha value is -3.61. The van der Waals surface area contributed by atoms with E-state index in [1.807, 2.05) is 6.92 Å². The first-order valence-electron chi connectivity index (χ1n) is 8.32. The predicted octanol–water partition coefficient (Wildman–Crippen LogP) is 2.57. The van der Waals surface area contributed by atoms with E-state index in [-0.39, 0.29) is 11.1 Å². The van der Waals surface area contributed by atoms with Gasteiger partial charge in [0.1, 0.15) is 5.75 Å². The van der Waals surface area contributed by atoms with Crippen molar-refractivity contribution in [3.8, 4) is 5.75 Å². The molecular formula is C20H18N2O5. The Morgan fingerprint density at radius 2 is 1.67 bits per heavy atom. The maximum atomic E-state index is 12.7. The molecule has 0 spiro atoms. The topological polar surface area (TPSA) is 86.6 Å². The highest BCUT2D eigenvalue weighted by Crippen LogP contribution is 2.19. The third-order valence-electron chi connectivity index (χ3n) is 3.98. The van der Waals surface area contributed by atoms with Gasteiger partial charge in [-0.1, -0.05) is 30.3 Å². The molecule has 27 heavy (non-hydrogen) atoms. The van der Waals surface area contributed by atoms with E-state index in [0.717, 1.165) is 4.68 Å². The molecule has 0 aliphatic carbocycles. The molecule has 0 unspecified atom stereocenters. The SMILES string of the molecule is CCOc1ccccc1C(=O)Nn1cc(C(=O)OC)c2ccccc2c1=O. The minimum Gasteiger partial charge on any atom is -0.493 e. The maximum Gasteiger partial charge on any atom is 0.340 e. The quantitative estimate of drug-likeness (QED) is 0.702. The first-order chi connectivity index (χ1) is 13.1. The van der Waals surface area contributed by atoms with Crippen molar-refractivity contribution >= 4 is 22.6 Å². The van der Waals surface area contributed by atoms with Gasteiger partial charge in [0, 0.05) is 17.0 Å². The van der Waals surface area contributed by atoms with Gasteiger partial charge in [-0.15, -0.1) is 0 Å². The number of hydrogen-bond acceptors (Lipinski definition) is 5. The number of carbonyl (C=O) groups excluding carboxylic acids is 2. The van der Waals surface area contributed by atoms with Crippen LogP contribution in [-0.4, -0.2) is 30.3 Å². The number of rotatable bonds is 5. The maximum absolute atomic E-state index is 12.7. The van der Waals surface area contributed by atoms with E-state index in [0.29, 0.717) is 23.1 Å². The van der Waals surface area contributed by atoms with Crippen LogP contribution < -0.4 is 15.7 Å². The van der Waals surface area contributed by atoms with Gasteiger partial charge in [-0.25, -0.2) is 9.47 Å². The number of methoxy groups -OCH3 is 1. The third kappa shape index (κ3) is 3.52. The van der Waals surface area contributed by atoms with Gasteiger partial charge >= 0.3 is 5.97 Å². The number of ether oxygens (including phenoxy) is 2. The van der Waals surface area contributed by atoms with Crippen molar-refractivity contribution in [1.82, 2.24) is 4.68 Å². The zero-order chi connectivity index (χ0) is 19.4. The molecule has 1 heterocycles. The predicted molar refractivity (Wildman–Crippen MR) is 101 cm³/mol. The van der Waals surface area contributed by atoms with Gasteiger partial charge in [0.25, 0.3) is 11.5 Å². The molecule has 0 fully saturated rings. The van der Waals surface area contributed by atoms with Crippen molar-refractivity contribution < 1.29 is 19.1 Å². The third-order valence-corrected chi connectivity index (χ3v) is 3.98. The van der Waals surface area contributed by atoms with Crippen LogP contribution in [0.25, 0.3) is 10.8 Å². The minimum atomic E-state index is -0.607. The molecular weight excluding hydrogens is 348 g/mol. The summed E-state index contributed by atoms with van der Waals surface area (Å²) in [6.45, 7) is 2.21. The molecule has 0 saturated heterocycles. The first kappa shape index (κ1) is 18.2. The summed E-state index contributed by atoms with van der Waals surface area (Å²) < 4.78 is 11.2. The summed E-state index contributed by atoms with van der Waals surface area (Å²) in [5, 5.41) is 0.744. The number of hydrogen-bond donors (Lipinski definition) is 1. The van der Waals surface area contributed by atoms with Crippen molar-refractivity contribution in [2.75, 3.05) is 19.1 Å². The molecule has 0 aliphatic rings. The second-order valence-electron chi connectivity index (χ2n) is 5.63. The first-order valence-corrected chi connectivity index (χ1v) is 8.32. The number of amides is 1. The number of fused-ring (bicyclic) bond motifs is 1. The van der Waals surface area contributed by atoms with E-state index in [1.54, 1.807) is 48.5 Å². The highest BCUT2D eigenvalue weighted by Gasteiger charge is 2.18. The number of pyridine rings is 1. The molecule has 0 saturated carbocycles. The van der Waals surface area contributed by atoms with Crippen LogP contribution in [0.2, 0.25) is 0 Å².